The van der Waals surface area contributed by atoms with Gasteiger partial charge in [-0.05, 0) is 31.2 Å². The number of hydrogen-bond donors (Lipinski definition) is 1. The molecule has 5 nitrogen and oxygen atoms in total. The zero-order valence-electron chi connectivity index (χ0n) is 12.6. The highest BCUT2D eigenvalue weighted by atomic mass is 32.2. The highest BCUT2D eigenvalue weighted by Gasteiger charge is 2.30. The first kappa shape index (κ1) is 18.2. The van der Waals surface area contributed by atoms with Crippen molar-refractivity contribution in [1.82, 2.24) is 9.62 Å². The minimum atomic E-state index is -4.49. The molecular formula is C14H19F3N2O3S. The Labute approximate surface area is 133 Å². The van der Waals surface area contributed by atoms with Crippen LogP contribution in [0.5, 0.6) is 0 Å². The number of halogens is 3. The number of alkyl halides is 3. The highest BCUT2D eigenvalue weighted by Crippen LogP contribution is 2.29. The molecule has 1 heterocycles. The molecule has 0 aromatic heterocycles. The first-order valence-electron chi connectivity index (χ1n) is 7.19. The molecule has 0 bridgehead atoms. The first-order valence-corrected chi connectivity index (χ1v) is 8.67. The van der Waals surface area contributed by atoms with Gasteiger partial charge < -0.3 is 4.74 Å². The third-order valence-electron chi connectivity index (χ3n) is 3.73. The molecule has 1 fully saturated rings. The van der Waals surface area contributed by atoms with Gasteiger partial charge in [0, 0.05) is 25.7 Å². The van der Waals surface area contributed by atoms with E-state index in [0.717, 1.165) is 37.4 Å². The zero-order chi connectivity index (χ0) is 17.1. The molecule has 0 unspecified atom stereocenters. The van der Waals surface area contributed by atoms with Crippen molar-refractivity contribution in [1.29, 1.82) is 0 Å². The Hall–Kier alpha value is -1.16. The first-order chi connectivity index (χ1) is 10.7. The van der Waals surface area contributed by atoms with E-state index in [1.165, 1.54) is 0 Å². The van der Waals surface area contributed by atoms with Gasteiger partial charge in [0.25, 0.3) is 0 Å². The quantitative estimate of drug-likeness (QED) is 0.876. The Kier molecular flexibility index (Phi) is 5.66. The lowest BCUT2D eigenvalue weighted by molar-refractivity contribution is -0.137. The number of benzene rings is 1. The molecule has 0 saturated carbocycles. The molecule has 1 aromatic carbocycles. The minimum Gasteiger partial charge on any atom is -0.379 e. The summed E-state index contributed by atoms with van der Waals surface area (Å²) in [5.41, 5.74) is -0.877. The molecule has 23 heavy (non-hydrogen) atoms. The van der Waals surface area contributed by atoms with Gasteiger partial charge in [0.2, 0.25) is 10.0 Å². The number of nitrogens with one attached hydrogen (secondary N) is 1. The van der Waals surface area contributed by atoms with Crippen LogP contribution in [0.3, 0.4) is 0 Å². The molecule has 1 aliphatic heterocycles. The molecule has 1 atom stereocenters. The van der Waals surface area contributed by atoms with Crippen LogP contribution >= 0.6 is 0 Å². The molecule has 9 heteroatoms. The summed E-state index contributed by atoms with van der Waals surface area (Å²) in [4.78, 5) is 1.92. The van der Waals surface area contributed by atoms with E-state index in [4.69, 9.17) is 4.74 Å². The van der Waals surface area contributed by atoms with E-state index in [2.05, 4.69) is 9.62 Å². The summed E-state index contributed by atoms with van der Waals surface area (Å²) in [5.74, 6) is 0. The summed E-state index contributed by atoms with van der Waals surface area (Å²) < 4.78 is 69.4. The van der Waals surface area contributed by atoms with E-state index in [1.807, 2.05) is 6.92 Å². The van der Waals surface area contributed by atoms with Crippen molar-refractivity contribution < 1.29 is 26.3 Å². The molecule has 2 rings (SSSR count). The average Bonchev–Trinajstić information content (AvgIpc) is 2.53. The maximum atomic E-state index is 12.5. The maximum absolute atomic E-state index is 12.5. The van der Waals surface area contributed by atoms with Gasteiger partial charge in [-0.3, -0.25) is 4.90 Å². The Morgan fingerprint density at radius 2 is 1.78 bits per heavy atom. The fourth-order valence-corrected chi connectivity index (χ4v) is 3.41. The lowest BCUT2D eigenvalue weighted by atomic mass is 10.2. The number of rotatable bonds is 5. The molecule has 130 valence electrons. The van der Waals surface area contributed by atoms with Crippen molar-refractivity contribution >= 4 is 10.0 Å². The standard InChI is InChI=1S/C14H19F3N2O3S/c1-11(19-6-8-22-9-7-19)10-18-23(20,21)13-4-2-12(3-5-13)14(15,16)17/h2-5,11,18H,6-10H2,1H3/t11-/m0/s1. The van der Waals surface area contributed by atoms with E-state index in [0.29, 0.717) is 13.2 Å². The zero-order valence-corrected chi connectivity index (χ0v) is 13.5. The molecule has 1 aromatic rings. The van der Waals surface area contributed by atoms with Crippen LogP contribution in [0.2, 0.25) is 0 Å². The lowest BCUT2D eigenvalue weighted by Crippen LogP contribution is -2.47. The Morgan fingerprint density at radius 1 is 1.22 bits per heavy atom. The van der Waals surface area contributed by atoms with E-state index < -0.39 is 21.8 Å². The third-order valence-corrected chi connectivity index (χ3v) is 5.17. The van der Waals surface area contributed by atoms with Gasteiger partial charge in [-0.15, -0.1) is 0 Å². The van der Waals surface area contributed by atoms with Gasteiger partial charge in [0.15, 0.2) is 0 Å². The molecule has 0 spiro atoms. The number of morpholine rings is 1. The van der Waals surface area contributed by atoms with Gasteiger partial charge in [-0.1, -0.05) is 0 Å². The van der Waals surface area contributed by atoms with Crippen LogP contribution < -0.4 is 4.72 Å². The third kappa shape index (κ3) is 4.90. The van der Waals surface area contributed by atoms with Crippen molar-refractivity contribution in [3.05, 3.63) is 29.8 Å². The largest absolute Gasteiger partial charge is 0.416 e. The number of nitrogens with zero attached hydrogens (tertiary/aromatic N) is 1. The summed E-state index contributed by atoms with van der Waals surface area (Å²) in [6, 6.07) is 3.43. The van der Waals surface area contributed by atoms with Crippen LogP contribution in [0.1, 0.15) is 12.5 Å². The van der Waals surface area contributed by atoms with Crippen LogP contribution in [0.4, 0.5) is 13.2 Å². The van der Waals surface area contributed by atoms with E-state index >= 15 is 0 Å². The van der Waals surface area contributed by atoms with Gasteiger partial charge >= 0.3 is 6.18 Å². The predicted molar refractivity (Wildman–Crippen MR) is 78.5 cm³/mol. The fraction of sp³-hybridized carbons (Fsp3) is 0.571. The highest BCUT2D eigenvalue weighted by molar-refractivity contribution is 7.89. The fourth-order valence-electron chi connectivity index (χ4n) is 2.28. The molecule has 1 aliphatic rings. The number of ether oxygens (including phenoxy) is 1. The molecule has 0 amide bonds. The summed E-state index contributed by atoms with van der Waals surface area (Å²) in [5, 5.41) is 0. The Morgan fingerprint density at radius 3 is 2.30 bits per heavy atom. The molecule has 1 N–H and O–H groups in total. The topological polar surface area (TPSA) is 58.6 Å². The van der Waals surface area contributed by atoms with E-state index in [1.54, 1.807) is 0 Å². The van der Waals surface area contributed by atoms with Gasteiger partial charge in [0.05, 0.1) is 23.7 Å². The number of sulfonamides is 1. The summed E-state index contributed by atoms with van der Waals surface area (Å²) in [6.07, 6.45) is -4.49. The van der Waals surface area contributed by atoms with Crippen LogP contribution in [-0.2, 0) is 20.9 Å². The smallest absolute Gasteiger partial charge is 0.379 e. The van der Waals surface area contributed by atoms with Crippen molar-refractivity contribution in [2.75, 3.05) is 32.8 Å². The second kappa shape index (κ2) is 7.16. The Balaban J connectivity index is 1.98. The van der Waals surface area contributed by atoms with Crippen LogP contribution in [0.15, 0.2) is 29.2 Å². The SMILES string of the molecule is C[C@@H](CNS(=O)(=O)c1ccc(C(F)(F)F)cc1)N1CCOCC1. The van der Waals surface area contributed by atoms with Gasteiger partial charge in [-0.2, -0.15) is 13.2 Å². The molecule has 0 radical (unpaired) electrons. The summed E-state index contributed by atoms with van der Waals surface area (Å²) in [6.45, 7) is 4.74. The van der Waals surface area contributed by atoms with Gasteiger partial charge in [0.1, 0.15) is 0 Å². The summed E-state index contributed by atoms with van der Waals surface area (Å²) >= 11 is 0. The second-order valence-electron chi connectivity index (χ2n) is 5.37. The maximum Gasteiger partial charge on any atom is 0.416 e. The van der Waals surface area contributed by atoms with Crippen molar-refractivity contribution in [2.45, 2.75) is 24.0 Å². The average molecular weight is 352 g/mol. The van der Waals surface area contributed by atoms with Crippen molar-refractivity contribution in [3.63, 3.8) is 0 Å². The minimum absolute atomic E-state index is 0.0249. The predicted octanol–water partition coefficient (Wildman–Crippen LogP) is 1.70. The molecule has 0 aliphatic carbocycles. The van der Waals surface area contributed by atoms with E-state index in [-0.39, 0.29) is 17.5 Å². The van der Waals surface area contributed by atoms with E-state index in [9.17, 15) is 21.6 Å². The lowest BCUT2D eigenvalue weighted by Gasteiger charge is -2.32. The van der Waals surface area contributed by atoms with Crippen LogP contribution in [0.25, 0.3) is 0 Å². The van der Waals surface area contributed by atoms with Crippen molar-refractivity contribution in [3.8, 4) is 0 Å². The normalized spacial score (nSPS) is 18.8. The second-order valence-corrected chi connectivity index (χ2v) is 7.14. The van der Waals surface area contributed by atoms with Crippen molar-refractivity contribution in [2.24, 2.45) is 0 Å². The van der Waals surface area contributed by atoms with Gasteiger partial charge in [-0.25, -0.2) is 13.1 Å². The molecular weight excluding hydrogens is 333 g/mol. The van der Waals surface area contributed by atoms with Crippen LogP contribution in [0, 0.1) is 0 Å². The van der Waals surface area contributed by atoms with Crippen LogP contribution in [-0.4, -0.2) is 52.2 Å². The summed E-state index contributed by atoms with van der Waals surface area (Å²) in [7, 11) is -3.83. The number of hydrogen-bond acceptors (Lipinski definition) is 4. The Bertz CT molecular complexity index is 611. The molecule has 1 saturated heterocycles. The monoisotopic (exact) mass is 352 g/mol.